The Hall–Kier alpha value is -1.06. The summed E-state index contributed by atoms with van der Waals surface area (Å²) < 4.78 is 12.8. The molecule has 0 radical (unpaired) electrons. The highest BCUT2D eigenvalue weighted by Crippen LogP contribution is 2.18. The first kappa shape index (κ1) is 23.0. The van der Waals surface area contributed by atoms with Gasteiger partial charge in [0.15, 0.2) is 5.96 Å². The van der Waals surface area contributed by atoms with Crippen LogP contribution in [0.25, 0.3) is 0 Å². The van der Waals surface area contributed by atoms with Gasteiger partial charge in [0.1, 0.15) is 11.0 Å². The van der Waals surface area contributed by atoms with Crippen molar-refractivity contribution >= 4 is 53.3 Å². The molecule has 142 valence electrons. The first-order valence-corrected chi connectivity index (χ1v) is 9.47. The molecule has 8 heteroatoms. The quantitative estimate of drug-likeness (QED) is 0.139. The lowest BCUT2D eigenvalue weighted by molar-refractivity contribution is 0.626. The van der Waals surface area contributed by atoms with Crippen molar-refractivity contribution in [2.24, 2.45) is 4.99 Å². The zero-order valence-electron chi connectivity index (χ0n) is 14.5. The van der Waals surface area contributed by atoms with Crippen molar-refractivity contribution in [3.05, 3.63) is 59.1 Å². The molecular weight excluding hydrogens is 486 g/mol. The SMILES string of the molecule is CN=C(NCCCSc1ccc(F)cc1)NCCc1ccc(Cl)nc1.I. The fraction of sp³-hybridized carbons (Fsp3) is 0.333. The van der Waals surface area contributed by atoms with E-state index in [-0.39, 0.29) is 29.8 Å². The van der Waals surface area contributed by atoms with E-state index in [1.807, 2.05) is 6.07 Å². The summed E-state index contributed by atoms with van der Waals surface area (Å²) in [5.41, 5.74) is 1.13. The van der Waals surface area contributed by atoms with Gasteiger partial charge in [0.05, 0.1) is 0 Å². The molecule has 0 saturated heterocycles. The van der Waals surface area contributed by atoms with Crippen LogP contribution in [-0.4, -0.2) is 36.8 Å². The largest absolute Gasteiger partial charge is 0.356 e. The van der Waals surface area contributed by atoms with E-state index in [9.17, 15) is 4.39 Å². The van der Waals surface area contributed by atoms with Gasteiger partial charge >= 0.3 is 0 Å². The molecule has 26 heavy (non-hydrogen) atoms. The number of thioether (sulfide) groups is 1. The zero-order valence-corrected chi connectivity index (χ0v) is 18.4. The van der Waals surface area contributed by atoms with E-state index in [1.54, 1.807) is 43.2 Å². The van der Waals surface area contributed by atoms with Gasteiger partial charge in [-0.2, -0.15) is 0 Å². The molecule has 0 aliphatic carbocycles. The summed E-state index contributed by atoms with van der Waals surface area (Å²) in [5.74, 6) is 1.55. The number of benzene rings is 1. The number of nitrogens with zero attached hydrogens (tertiary/aromatic N) is 2. The van der Waals surface area contributed by atoms with E-state index >= 15 is 0 Å². The zero-order chi connectivity index (χ0) is 17.9. The topological polar surface area (TPSA) is 49.3 Å². The maximum absolute atomic E-state index is 12.8. The molecule has 0 saturated carbocycles. The van der Waals surface area contributed by atoms with Crippen LogP contribution in [0.3, 0.4) is 0 Å². The number of halogens is 3. The molecule has 2 rings (SSSR count). The predicted octanol–water partition coefficient (Wildman–Crippen LogP) is 4.38. The molecule has 0 amide bonds. The maximum atomic E-state index is 12.8. The summed E-state index contributed by atoms with van der Waals surface area (Å²) in [4.78, 5) is 9.36. The maximum Gasteiger partial charge on any atom is 0.190 e. The molecule has 1 heterocycles. The normalized spacial score (nSPS) is 11.0. The summed E-state index contributed by atoms with van der Waals surface area (Å²) >= 11 is 7.49. The highest BCUT2D eigenvalue weighted by atomic mass is 127. The van der Waals surface area contributed by atoms with Crippen LogP contribution in [0.5, 0.6) is 0 Å². The van der Waals surface area contributed by atoms with Gasteiger partial charge in [0.25, 0.3) is 0 Å². The Morgan fingerprint density at radius 2 is 1.88 bits per heavy atom. The van der Waals surface area contributed by atoms with Crippen LogP contribution in [-0.2, 0) is 6.42 Å². The summed E-state index contributed by atoms with van der Waals surface area (Å²) in [5, 5.41) is 7.07. The fourth-order valence-corrected chi connectivity index (χ4v) is 3.06. The number of nitrogens with one attached hydrogen (secondary N) is 2. The smallest absolute Gasteiger partial charge is 0.190 e. The number of guanidine groups is 1. The third-order valence-corrected chi connectivity index (χ3v) is 4.74. The fourth-order valence-electron chi connectivity index (χ4n) is 2.10. The summed E-state index contributed by atoms with van der Waals surface area (Å²) in [6, 6.07) is 10.4. The van der Waals surface area contributed by atoms with Crippen LogP contribution in [0.1, 0.15) is 12.0 Å². The number of pyridine rings is 1. The molecule has 4 nitrogen and oxygen atoms in total. The Morgan fingerprint density at radius 1 is 1.15 bits per heavy atom. The van der Waals surface area contributed by atoms with Crippen molar-refractivity contribution in [1.82, 2.24) is 15.6 Å². The Balaban J connectivity index is 0.00000338. The molecule has 0 spiro atoms. The van der Waals surface area contributed by atoms with Crippen LogP contribution in [0.2, 0.25) is 5.15 Å². The Kier molecular flexibility index (Phi) is 11.6. The van der Waals surface area contributed by atoms with Gasteiger partial charge in [-0.15, -0.1) is 35.7 Å². The van der Waals surface area contributed by atoms with Gasteiger partial charge in [-0.1, -0.05) is 17.7 Å². The van der Waals surface area contributed by atoms with Crippen LogP contribution in [0.15, 0.2) is 52.5 Å². The molecule has 0 fully saturated rings. The van der Waals surface area contributed by atoms with Crippen LogP contribution >= 0.6 is 47.3 Å². The van der Waals surface area contributed by atoms with E-state index in [0.717, 1.165) is 48.1 Å². The Labute approximate surface area is 180 Å². The summed E-state index contributed by atoms with van der Waals surface area (Å²) in [7, 11) is 1.76. The van der Waals surface area contributed by atoms with Gasteiger partial charge in [0.2, 0.25) is 0 Å². The van der Waals surface area contributed by atoms with E-state index in [4.69, 9.17) is 11.6 Å². The van der Waals surface area contributed by atoms with Gasteiger partial charge in [-0.3, -0.25) is 4.99 Å². The predicted molar refractivity (Wildman–Crippen MR) is 119 cm³/mol. The first-order chi connectivity index (χ1) is 12.2. The van der Waals surface area contributed by atoms with Crippen molar-refractivity contribution in [1.29, 1.82) is 0 Å². The molecule has 0 bridgehead atoms. The number of hydrogen-bond donors (Lipinski definition) is 2. The van der Waals surface area contributed by atoms with Gasteiger partial charge in [-0.25, -0.2) is 9.37 Å². The standard InChI is InChI=1S/C18H22ClFN4S.HI/c1-21-18(23-11-9-14-3-8-17(19)24-13-14)22-10-2-12-25-16-6-4-15(20)5-7-16;/h3-8,13H,2,9-12H2,1H3,(H2,21,22,23);1H. The number of aliphatic imine (C=N–C) groups is 1. The minimum Gasteiger partial charge on any atom is -0.356 e. The Morgan fingerprint density at radius 3 is 2.54 bits per heavy atom. The molecule has 0 unspecified atom stereocenters. The lowest BCUT2D eigenvalue weighted by Crippen LogP contribution is -2.38. The second kappa shape index (κ2) is 13.2. The highest BCUT2D eigenvalue weighted by molar-refractivity contribution is 14.0. The summed E-state index contributed by atoms with van der Waals surface area (Å²) in [6.07, 6.45) is 3.63. The van der Waals surface area contributed by atoms with Gasteiger partial charge in [-0.05, 0) is 54.5 Å². The molecular formula is C18H23ClFIN4S. The van der Waals surface area contributed by atoms with Crippen LogP contribution < -0.4 is 10.6 Å². The van der Waals surface area contributed by atoms with Crippen LogP contribution in [0.4, 0.5) is 4.39 Å². The lowest BCUT2D eigenvalue weighted by atomic mass is 10.2. The Bertz CT molecular complexity index is 668. The molecule has 1 aromatic carbocycles. The molecule has 0 atom stereocenters. The second-order valence-electron chi connectivity index (χ2n) is 5.32. The minimum absolute atomic E-state index is 0. The van der Waals surface area contributed by atoms with Crippen molar-refractivity contribution in [2.75, 3.05) is 25.9 Å². The van der Waals surface area contributed by atoms with Crippen molar-refractivity contribution < 1.29 is 4.39 Å². The number of aromatic nitrogens is 1. The third-order valence-electron chi connectivity index (χ3n) is 3.41. The first-order valence-electron chi connectivity index (χ1n) is 8.10. The van der Waals surface area contributed by atoms with Crippen molar-refractivity contribution in [3.63, 3.8) is 0 Å². The highest BCUT2D eigenvalue weighted by Gasteiger charge is 1.99. The van der Waals surface area contributed by atoms with Crippen molar-refractivity contribution in [3.8, 4) is 0 Å². The third kappa shape index (κ3) is 9.05. The molecule has 0 aliphatic heterocycles. The van der Waals surface area contributed by atoms with Crippen molar-refractivity contribution in [2.45, 2.75) is 17.7 Å². The number of hydrogen-bond acceptors (Lipinski definition) is 3. The van der Waals surface area contributed by atoms with Crippen LogP contribution in [0, 0.1) is 5.82 Å². The lowest BCUT2D eigenvalue weighted by Gasteiger charge is -2.11. The van der Waals surface area contributed by atoms with E-state index < -0.39 is 0 Å². The molecule has 1 aromatic heterocycles. The summed E-state index contributed by atoms with van der Waals surface area (Å²) in [6.45, 7) is 1.60. The minimum atomic E-state index is -0.199. The molecule has 0 aliphatic rings. The molecule has 2 N–H and O–H groups in total. The van der Waals surface area contributed by atoms with E-state index in [2.05, 4.69) is 20.6 Å². The van der Waals surface area contributed by atoms with Gasteiger partial charge in [0, 0.05) is 31.2 Å². The monoisotopic (exact) mass is 508 g/mol. The van der Waals surface area contributed by atoms with Gasteiger partial charge < -0.3 is 10.6 Å². The second-order valence-corrected chi connectivity index (χ2v) is 6.88. The number of rotatable bonds is 8. The average molecular weight is 509 g/mol. The average Bonchev–Trinajstić information content (AvgIpc) is 2.63. The van der Waals surface area contributed by atoms with E-state index in [0.29, 0.717) is 5.15 Å². The molecule has 2 aromatic rings. The van der Waals surface area contributed by atoms with E-state index in [1.165, 1.54) is 12.1 Å².